The van der Waals surface area contributed by atoms with Crippen LogP contribution in [-0.4, -0.2) is 25.8 Å². The molecule has 3 rings (SSSR count). The highest BCUT2D eigenvalue weighted by molar-refractivity contribution is 6.35. The molecule has 0 aliphatic rings. The lowest BCUT2D eigenvalue weighted by Crippen LogP contribution is -2.27. The van der Waals surface area contributed by atoms with Crippen LogP contribution >= 0.6 is 11.6 Å². The zero-order valence-electron chi connectivity index (χ0n) is 12.0. The first-order valence-corrected chi connectivity index (χ1v) is 7.03. The molecule has 0 spiro atoms. The van der Waals surface area contributed by atoms with Gasteiger partial charge in [-0.25, -0.2) is 9.78 Å². The maximum absolute atomic E-state index is 12.9. The van der Waals surface area contributed by atoms with Gasteiger partial charge in [0.15, 0.2) is 11.9 Å². The van der Waals surface area contributed by atoms with E-state index < -0.39 is 17.8 Å². The Bertz CT molecular complexity index is 935. The van der Waals surface area contributed by atoms with E-state index in [1.54, 1.807) is 25.1 Å². The molecular formula is C14H12ClN5O3. The van der Waals surface area contributed by atoms with E-state index in [0.717, 1.165) is 0 Å². The van der Waals surface area contributed by atoms with Gasteiger partial charge in [-0.05, 0) is 19.1 Å². The molecule has 1 unspecified atom stereocenters. The average molecular weight is 334 g/mol. The van der Waals surface area contributed by atoms with Crippen LogP contribution in [0.5, 0.6) is 0 Å². The van der Waals surface area contributed by atoms with Gasteiger partial charge in [0.25, 0.3) is 5.56 Å². The zero-order chi connectivity index (χ0) is 16.6. The molecule has 3 aromatic rings. The van der Waals surface area contributed by atoms with Crippen molar-refractivity contribution in [2.24, 2.45) is 5.73 Å². The van der Waals surface area contributed by atoms with Gasteiger partial charge in [0.1, 0.15) is 0 Å². The molecule has 8 nitrogen and oxygen atoms in total. The first kappa shape index (κ1) is 15.0. The molecule has 0 radical (unpaired) electrons. The van der Waals surface area contributed by atoms with Crippen LogP contribution in [0, 0.1) is 0 Å². The van der Waals surface area contributed by atoms with Crippen LogP contribution in [0.1, 0.15) is 18.9 Å². The molecule has 2 heterocycles. The van der Waals surface area contributed by atoms with E-state index in [2.05, 4.69) is 15.2 Å². The summed E-state index contributed by atoms with van der Waals surface area (Å²) in [6.07, 6.45) is 1.17. The standard InChI is InChI=1S/C14H12ClN5O3/c1-7(23-14(16)22)12-19-10-4-2-3-9(15)11(10)13(21)20(12)8-5-17-18-6-8/h2-7H,1H3,(H2,16,22)(H,17,18). The van der Waals surface area contributed by atoms with Gasteiger partial charge in [-0.2, -0.15) is 5.10 Å². The van der Waals surface area contributed by atoms with Crippen molar-refractivity contribution in [1.29, 1.82) is 0 Å². The number of amides is 1. The van der Waals surface area contributed by atoms with Crippen molar-refractivity contribution in [3.8, 4) is 5.69 Å². The fourth-order valence-electron chi connectivity index (χ4n) is 2.32. The largest absolute Gasteiger partial charge is 0.439 e. The maximum atomic E-state index is 12.9. The van der Waals surface area contributed by atoms with Crippen molar-refractivity contribution < 1.29 is 9.53 Å². The lowest BCUT2D eigenvalue weighted by atomic mass is 10.2. The molecule has 0 bridgehead atoms. The molecule has 3 N–H and O–H groups in total. The Balaban J connectivity index is 2.36. The summed E-state index contributed by atoms with van der Waals surface area (Å²) in [5.41, 5.74) is 5.51. The van der Waals surface area contributed by atoms with Crippen LogP contribution in [0.2, 0.25) is 5.02 Å². The summed E-state index contributed by atoms with van der Waals surface area (Å²) in [5, 5.41) is 7.00. The number of nitrogens with zero attached hydrogens (tertiary/aromatic N) is 3. The molecule has 2 aromatic heterocycles. The normalized spacial score (nSPS) is 12.3. The van der Waals surface area contributed by atoms with Crippen LogP contribution in [0.3, 0.4) is 0 Å². The van der Waals surface area contributed by atoms with Crippen molar-refractivity contribution in [3.05, 3.63) is 51.8 Å². The van der Waals surface area contributed by atoms with Crippen molar-refractivity contribution >= 4 is 28.6 Å². The highest BCUT2D eigenvalue weighted by atomic mass is 35.5. The van der Waals surface area contributed by atoms with E-state index in [0.29, 0.717) is 11.2 Å². The minimum Gasteiger partial charge on any atom is -0.439 e. The van der Waals surface area contributed by atoms with Gasteiger partial charge in [-0.15, -0.1) is 0 Å². The number of nitrogens with two attached hydrogens (primary N) is 1. The Labute approximate surface area is 134 Å². The fraction of sp³-hybridized carbons (Fsp3) is 0.143. The van der Waals surface area contributed by atoms with Crippen molar-refractivity contribution in [2.45, 2.75) is 13.0 Å². The number of carbonyl (C=O) groups excluding carboxylic acids is 1. The summed E-state index contributed by atoms with van der Waals surface area (Å²) in [7, 11) is 0. The molecule has 23 heavy (non-hydrogen) atoms. The number of primary amides is 1. The van der Waals surface area contributed by atoms with Crippen LogP contribution in [0.25, 0.3) is 16.6 Å². The lowest BCUT2D eigenvalue weighted by Gasteiger charge is -2.17. The number of hydrogen-bond donors (Lipinski definition) is 2. The smallest absolute Gasteiger partial charge is 0.405 e. The minimum absolute atomic E-state index is 0.213. The molecule has 0 saturated carbocycles. The van der Waals surface area contributed by atoms with Crippen LogP contribution < -0.4 is 11.3 Å². The topological polar surface area (TPSA) is 116 Å². The summed E-state index contributed by atoms with van der Waals surface area (Å²) >= 11 is 6.13. The van der Waals surface area contributed by atoms with Crippen LogP contribution in [0.4, 0.5) is 4.79 Å². The molecule has 1 aromatic carbocycles. The number of H-pyrrole nitrogens is 1. The first-order valence-electron chi connectivity index (χ1n) is 6.65. The van der Waals surface area contributed by atoms with E-state index in [1.807, 2.05) is 0 Å². The Morgan fingerprint density at radius 3 is 2.91 bits per heavy atom. The predicted molar refractivity (Wildman–Crippen MR) is 83.6 cm³/mol. The number of benzene rings is 1. The van der Waals surface area contributed by atoms with E-state index >= 15 is 0 Å². The molecular weight excluding hydrogens is 322 g/mol. The van der Waals surface area contributed by atoms with Crippen molar-refractivity contribution in [2.75, 3.05) is 0 Å². The molecule has 0 aliphatic heterocycles. The summed E-state index contributed by atoms with van der Waals surface area (Å²) in [6, 6.07) is 4.95. The summed E-state index contributed by atoms with van der Waals surface area (Å²) in [4.78, 5) is 28.3. The van der Waals surface area contributed by atoms with E-state index in [4.69, 9.17) is 22.1 Å². The van der Waals surface area contributed by atoms with E-state index in [1.165, 1.54) is 17.0 Å². The zero-order valence-corrected chi connectivity index (χ0v) is 12.7. The molecule has 0 aliphatic carbocycles. The summed E-state index contributed by atoms with van der Waals surface area (Å²) < 4.78 is 6.25. The first-order chi connectivity index (χ1) is 11.0. The second kappa shape index (κ2) is 5.73. The third-order valence-corrected chi connectivity index (χ3v) is 3.59. The average Bonchev–Trinajstić information content (AvgIpc) is 3.00. The monoisotopic (exact) mass is 333 g/mol. The number of carbonyl (C=O) groups is 1. The fourth-order valence-corrected chi connectivity index (χ4v) is 2.57. The highest BCUT2D eigenvalue weighted by Gasteiger charge is 2.21. The molecule has 118 valence electrons. The Hall–Kier alpha value is -2.87. The third kappa shape index (κ3) is 2.64. The van der Waals surface area contributed by atoms with E-state index in [-0.39, 0.29) is 16.2 Å². The molecule has 1 atom stereocenters. The van der Waals surface area contributed by atoms with E-state index in [9.17, 15) is 9.59 Å². The van der Waals surface area contributed by atoms with Crippen LogP contribution in [0.15, 0.2) is 35.4 Å². The Kier molecular flexibility index (Phi) is 3.75. The third-order valence-electron chi connectivity index (χ3n) is 3.27. The predicted octanol–water partition coefficient (Wildman–Crippen LogP) is 1.92. The van der Waals surface area contributed by atoms with Crippen molar-refractivity contribution in [3.63, 3.8) is 0 Å². The molecule has 0 fully saturated rings. The molecule has 9 heteroatoms. The van der Waals surface area contributed by atoms with Gasteiger partial charge in [-0.3, -0.25) is 14.5 Å². The SMILES string of the molecule is CC(OC(N)=O)c1nc2cccc(Cl)c2c(=O)n1-c1cn[nH]c1. The number of rotatable bonds is 3. The lowest BCUT2D eigenvalue weighted by molar-refractivity contribution is 0.110. The van der Waals surface area contributed by atoms with Gasteiger partial charge in [0.2, 0.25) is 0 Å². The summed E-state index contributed by atoms with van der Waals surface area (Å²) in [5.74, 6) is 0.213. The number of aromatic amines is 1. The number of hydrogen-bond acceptors (Lipinski definition) is 5. The quantitative estimate of drug-likeness (QED) is 0.759. The van der Waals surface area contributed by atoms with Gasteiger partial charge in [0.05, 0.1) is 27.8 Å². The van der Waals surface area contributed by atoms with Crippen molar-refractivity contribution in [1.82, 2.24) is 19.7 Å². The molecule has 0 saturated heterocycles. The van der Waals surface area contributed by atoms with Gasteiger partial charge in [-0.1, -0.05) is 17.7 Å². The number of aromatic nitrogens is 4. The van der Waals surface area contributed by atoms with Gasteiger partial charge >= 0.3 is 6.09 Å². The second-order valence-electron chi connectivity index (χ2n) is 4.78. The van der Waals surface area contributed by atoms with Gasteiger partial charge < -0.3 is 10.5 Å². The van der Waals surface area contributed by atoms with Crippen LogP contribution in [-0.2, 0) is 4.74 Å². The maximum Gasteiger partial charge on any atom is 0.405 e. The number of halogens is 1. The number of fused-ring (bicyclic) bond motifs is 1. The number of ether oxygens (including phenoxy) is 1. The summed E-state index contributed by atoms with van der Waals surface area (Å²) in [6.45, 7) is 1.57. The Morgan fingerprint density at radius 2 is 2.26 bits per heavy atom. The van der Waals surface area contributed by atoms with Gasteiger partial charge in [0, 0.05) is 6.20 Å². The second-order valence-corrected chi connectivity index (χ2v) is 5.19. The molecule has 1 amide bonds. The number of nitrogens with one attached hydrogen (secondary N) is 1. The Morgan fingerprint density at radius 1 is 1.48 bits per heavy atom. The minimum atomic E-state index is -0.961. The highest BCUT2D eigenvalue weighted by Crippen LogP contribution is 2.23.